The van der Waals surface area contributed by atoms with Gasteiger partial charge < -0.3 is 63.5 Å². The molecular formula is C80H88N2O11. The number of nitrogens with one attached hydrogen (secondary N) is 2. The molecule has 9 aromatic carbocycles. The van der Waals surface area contributed by atoms with Gasteiger partial charge >= 0.3 is 0 Å². The van der Waals surface area contributed by atoms with Crippen molar-refractivity contribution in [2.45, 2.75) is 138 Å². The van der Waals surface area contributed by atoms with Crippen molar-refractivity contribution in [3.8, 4) is 0 Å². The molecule has 2 fully saturated rings. The number of aliphatic hydroxyl groups is 2. The maximum Gasteiger partial charge on any atom is 0.118 e. The molecule has 93 heavy (non-hydrogen) atoms. The van der Waals surface area contributed by atoms with Gasteiger partial charge in [-0.1, -0.05) is 273 Å². The van der Waals surface area contributed by atoms with Crippen LogP contribution in [0.3, 0.4) is 0 Å². The first-order valence-electron chi connectivity index (χ1n) is 32.5. The SMILES string of the molecule is O[C@]1(COCc2ccccc2)C[C@H](NC[C@H](COCc2ccccc2)N[C@H]2C[C@](O)(COCc3ccccc3)[C@@H](OCc3ccccc3)[C@H](OCc3ccccc3)[C@H]2OCc2ccccc2)[C@H](OCc2ccccc2)[C@@H](OCc2ccccc2)[C@@H]1OCc1ccccc1. The molecule has 13 nitrogen and oxygen atoms in total. The van der Waals surface area contributed by atoms with Gasteiger partial charge in [-0.3, -0.25) is 0 Å². The minimum Gasteiger partial charge on any atom is -0.385 e. The molecule has 0 amide bonds. The second-order valence-corrected chi connectivity index (χ2v) is 24.5. The molecule has 0 spiro atoms. The average Bonchev–Trinajstić information content (AvgIpc) is 0.806. The summed E-state index contributed by atoms with van der Waals surface area (Å²) >= 11 is 0. The molecule has 9 aromatic rings. The summed E-state index contributed by atoms with van der Waals surface area (Å²) < 4.78 is 62.8. The highest BCUT2D eigenvalue weighted by Crippen LogP contribution is 2.40. The van der Waals surface area contributed by atoms with E-state index in [0.717, 1.165) is 50.1 Å². The van der Waals surface area contributed by atoms with Gasteiger partial charge in [0.05, 0.1) is 79.3 Å². The van der Waals surface area contributed by atoms with Crippen LogP contribution in [-0.4, -0.2) is 103 Å². The zero-order valence-electron chi connectivity index (χ0n) is 52.9. The first kappa shape index (κ1) is 66.9. The van der Waals surface area contributed by atoms with E-state index in [1.54, 1.807) is 0 Å². The van der Waals surface area contributed by atoms with E-state index in [9.17, 15) is 10.2 Å². The maximum atomic E-state index is 13.7. The largest absolute Gasteiger partial charge is 0.385 e. The van der Waals surface area contributed by atoms with Crippen molar-refractivity contribution in [3.05, 3.63) is 323 Å². The molecule has 2 saturated carbocycles. The summed E-state index contributed by atoms with van der Waals surface area (Å²) in [6.07, 6.45) is -4.62. The molecule has 11 rings (SSSR count). The third-order valence-electron chi connectivity index (χ3n) is 17.4. The van der Waals surface area contributed by atoms with Crippen LogP contribution in [0.15, 0.2) is 273 Å². The van der Waals surface area contributed by atoms with Gasteiger partial charge in [-0.15, -0.1) is 0 Å². The van der Waals surface area contributed by atoms with Crippen LogP contribution in [0.2, 0.25) is 0 Å². The van der Waals surface area contributed by atoms with Crippen molar-refractivity contribution >= 4 is 0 Å². The number of hydrogen-bond donors (Lipinski definition) is 4. The van der Waals surface area contributed by atoms with E-state index in [2.05, 4.69) is 47.0 Å². The lowest BCUT2D eigenvalue weighted by Crippen LogP contribution is -2.71. The van der Waals surface area contributed by atoms with Crippen molar-refractivity contribution in [1.29, 1.82) is 0 Å². The highest BCUT2D eigenvalue weighted by Gasteiger charge is 2.57. The Kier molecular flexibility index (Phi) is 25.3. The fourth-order valence-corrected chi connectivity index (χ4v) is 12.6. The topological polar surface area (TPSA) is 148 Å². The molecule has 13 heteroatoms. The van der Waals surface area contributed by atoms with Gasteiger partial charge in [-0.25, -0.2) is 0 Å². The fraction of sp³-hybridized carbons (Fsp3) is 0.325. The molecule has 0 radical (unpaired) electrons. The van der Waals surface area contributed by atoms with Crippen LogP contribution in [0.1, 0.15) is 62.9 Å². The minimum absolute atomic E-state index is 0.0662. The summed E-state index contributed by atoms with van der Waals surface area (Å²) in [4.78, 5) is 0. The van der Waals surface area contributed by atoms with Crippen molar-refractivity contribution in [1.82, 2.24) is 10.6 Å². The number of ether oxygens (including phenoxy) is 9. The molecular weight excluding hydrogens is 1160 g/mol. The normalized spacial score (nSPS) is 23.3. The zero-order valence-corrected chi connectivity index (χ0v) is 52.9. The molecule has 0 aromatic heterocycles. The molecule has 484 valence electrons. The number of hydrogen-bond acceptors (Lipinski definition) is 13. The third kappa shape index (κ3) is 20.0. The molecule has 0 aliphatic heterocycles. The summed E-state index contributed by atoms with van der Waals surface area (Å²) in [6, 6.07) is 88.7. The third-order valence-corrected chi connectivity index (χ3v) is 17.4. The highest BCUT2D eigenvalue weighted by atomic mass is 16.6. The predicted molar refractivity (Wildman–Crippen MR) is 360 cm³/mol. The monoisotopic (exact) mass is 1250 g/mol. The quantitative estimate of drug-likeness (QED) is 0.0299. The Hall–Kier alpha value is -7.54. The zero-order chi connectivity index (χ0) is 63.6. The number of rotatable bonds is 35. The first-order chi connectivity index (χ1) is 45.8. The van der Waals surface area contributed by atoms with Crippen molar-refractivity contribution < 1.29 is 52.8 Å². The van der Waals surface area contributed by atoms with Crippen LogP contribution in [0.4, 0.5) is 0 Å². The van der Waals surface area contributed by atoms with Crippen LogP contribution in [0, 0.1) is 0 Å². The Labute approximate surface area is 548 Å². The van der Waals surface area contributed by atoms with Crippen LogP contribution in [0.25, 0.3) is 0 Å². The first-order valence-corrected chi connectivity index (χ1v) is 32.5. The summed E-state index contributed by atoms with van der Waals surface area (Å²) in [5.74, 6) is 0. The number of benzene rings is 9. The highest BCUT2D eigenvalue weighted by molar-refractivity contribution is 5.22. The van der Waals surface area contributed by atoms with E-state index in [1.807, 2.05) is 237 Å². The Bertz CT molecular complexity index is 3480. The van der Waals surface area contributed by atoms with Gasteiger partial charge in [-0.05, 0) is 62.9 Å². The second-order valence-electron chi connectivity index (χ2n) is 24.5. The van der Waals surface area contributed by atoms with Crippen molar-refractivity contribution in [2.24, 2.45) is 0 Å². The van der Waals surface area contributed by atoms with Gasteiger partial charge in [0.15, 0.2) is 0 Å². The summed E-state index contributed by atoms with van der Waals surface area (Å²) in [7, 11) is 0. The van der Waals surface area contributed by atoms with E-state index in [4.69, 9.17) is 42.6 Å². The Morgan fingerprint density at radius 1 is 0.301 bits per heavy atom. The Balaban J connectivity index is 0.968. The smallest absolute Gasteiger partial charge is 0.118 e. The second kappa shape index (κ2) is 35.1. The standard InChI is InChI=1S/C80H88N2O11/c83-79(59-86-50-62-30-12-2-13-31-62)46-71(73(88-52-64-34-16-4-17-35-64)75(90-54-66-38-20-6-21-39-66)77(79)92-56-68-42-24-8-25-43-68)81-48-70(58-85-49-61-28-10-1-11-29-61)82-72-47-80(84,60-87-51-63-32-14-3-15-33-63)78(93-57-69-44-26-9-27-45-69)76(91-55-67-40-22-7-23-41-67)74(72)89-53-65-36-18-5-19-37-65/h1-45,70-78,81-84H,46-60H2/t70-,71+,72+,73+,74+,75-,76-,77+,78+,79+,80+/m1/s1. The van der Waals surface area contributed by atoms with Crippen LogP contribution >= 0.6 is 0 Å². The summed E-state index contributed by atoms with van der Waals surface area (Å²) in [5, 5.41) is 35.4. The van der Waals surface area contributed by atoms with Gasteiger partial charge in [0.25, 0.3) is 0 Å². The molecule has 0 bridgehead atoms. The van der Waals surface area contributed by atoms with Crippen LogP contribution in [0.5, 0.6) is 0 Å². The van der Waals surface area contributed by atoms with Crippen molar-refractivity contribution in [2.75, 3.05) is 26.4 Å². The molecule has 4 N–H and O–H groups in total. The summed E-state index contributed by atoms with van der Waals surface area (Å²) in [6.45, 7) is 2.61. The van der Waals surface area contributed by atoms with Gasteiger partial charge in [0.2, 0.25) is 0 Å². The Morgan fingerprint density at radius 2 is 0.548 bits per heavy atom. The maximum absolute atomic E-state index is 13.7. The Morgan fingerprint density at radius 3 is 0.860 bits per heavy atom. The fourth-order valence-electron chi connectivity index (χ4n) is 12.6. The predicted octanol–water partition coefficient (Wildman–Crippen LogP) is 12.7. The molecule has 2 aliphatic carbocycles. The van der Waals surface area contributed by atoms with Gasteiger partial charge in [0, 0.05) is 24.7 Å². The van der Waals surface area contributed by atoms with Gasteiger partial charge in [-0.2, -0.15) is 0 Å². The van der Waals surface area contributed by atoms with Gasteiger partial charge in [0.1, 0.15) is 47.8 Å². The molecule has 2 aliphatic rings. The molecule has 11 atom stereocenters. The molecule has 0 heterocycles. The molecule has 0 saturated heterocycles. The summed E-state index contributed by atoms with van der Waals surface area (Å²) in [5.41, 5.74) is 5.49. The van der Waals surface area contributed by atoms with Crippen LogP contribution < -0.4 is 10.6 Å². The lowest BCUT2D eigenvalue weighted by molar-refractivity contribution is -0.257. The van der Waals surface area contributed by atoms with E-state index in [0.29, 0.717) is 13.2 Å². The average molecular weight is 1250 g/mol. The van der Waals surface area contributed by atoms with E-state index < -0.39 is 66.0 Å². The lowest BCUT2D eigenvalue weighted by Gasteiger charge is -2.52. The lowest BCUT2D eigenvalue weighted by atomic mass is 9.75. The van der Waals surface area contributed by atoms with E-state index in [1.165, 1.54) is 0 Å². The minimum atomic E-state index is -1.63. The van der Waals surface area contributed by atoms with Crippen LogP contribution in [-0.2, 0) is 102 Å². The van der Waals surface area contributed by atoms with Crippen molar-refractivity contribution in [3.63, 3.8) is 0 Å². The van der Waals surface area contributed by atoms with E-state index in [-0.39, 0.29) is 85.5 Å². The molecule has 0 unspecified atom stereocenters. The van der Waals surface area contributed by atoms with E-state index >= 15 is 0 Å².